The molecule has 1 aliphatic heterocycles. The summed E-state index contributed by atoms with van der Waals surface area (Å²) in [5.74, 6) is 0. The smallest absolute Gasteiger partial charge is 0.321 e. The van der Waals surface area contributed by atoms with Crippen LogP contribution >= 0.6 is 56.9 Å². The first-order valence-electron chi connectivity index (χ1n) is 6.82. The fourth-order valence-corrected chi connectivity index (χ4v) is 4.22. The zero-order valence-corrected chi connectivity index (χ0v) is 16.7. The van der Waals surface area contributed by atoms with E-state index in [4.69, 9.17) is 0 Å². The van der Waals surface area contributed by atoms with Crippen LogP contribution in [0, 0.1) is 0 Å². The number of halogens is 4. The van der Waals surface area contributed by atoms with E-state index < -0.39 is 3.93 Å². The molecule has 1 nitrogen and oxygen atoms in total. The summed E-state index contributed by atoms with van der Waals surface area (Å²) < 4.78 is 25.5. The van der Waals surface area contributed by atoms with Crippen LogP contribution in [0.2, 0.25) is 0 Å². The standard InChI is InChI=1S/C16H13F2I2NS/c17-16(18,20)11-6-7-15-13(10-11)21(9-3-8-19)12-4-1-2-5-14(12)22-15/h1-2,4-7,10H,3,8-9H2. The molecular weight excluding hydrogens is 530 g/mol. The van der Waals surface area contributed by atoms with E-state index in [2.05, 4.69) is 39.6 Å². The number of benzene rings is 2. The van der Waals surface area contributed by atoms with Crippen LogP contribution in [0.1, 0.15) is 12.0 Å². The van der Waals surface area contributed by atoms with Crippen LogP contribution in [0.15, 0.2) is 52.3 Å². The van der Waals surface area contributed by atoms with Crippen molar-refractivity contribution in [3.8, 4) is 0 Å². The molecule has 6 heteroatoms. The van der Waals surface area contributed by atoms with Gasteiger partial charge in [0.2, 0.25) is 0 Å². The van der Waals surface area contributed by atoms with Gasteiger partial charge in [0.25, 0.3) is 0 Å². The quantitative estimate of drug-likeness (QED) is 0.316. The highest BCUT2D eigenvalue weighted by Gasteiger charge is 2.30. The average Bonchev–Trinajstić information content (AvgIpc) is 2.50. The van der Waals surface area contributed by atoms with Crippen molar-refractivity contribution >= 4 is 68.3 Å². The van der Waals surface area contributed by atoms with Gasteiger partial charge in [-0.3, -0.25) is 0 Å². The first-order chi connectivity index (χ1) is 10.5. The Morgan fingerprint density at radius 2 is 1.77 bits per heavy atom. The van der Waals surface area contributed by atoms with Gasteiger partial charge < -0.3 is 4.90 Å². The molecule has 1 aliphatic rings. The van der Waals surface area contributed by atoms with E-state index in [0.29, 0.717) is 0 Å². The highest BCUT2D eigenvalue weighted by atomic mass is 127. The van der Waals surface area contributed by atoms with Crippen molar-refractivity contribution in [2.24, 2.45) is 0 Å². The molecular formula is C16H13F2I2NS. The van der Waals surface area contributed by atoms with Gasteiger partial charge >= 0.3 is 3.93 Å². The maximum atomic E-state index is 13.7. The third-order valence-corrected chi connectivity index (χ3v) is 5.98. The predicted octanol–water partition coefficient (Wildman–Crippen LogP) is 6.60. The first kappa shape index (κ1) is 16.8. The van der Waals surface area contributed by atoms with Gasteiger partial charge in [0, 0.05) is 48.9 Å². The molecule has 0 N–H and O–H groups in total. The molecule has 0 atom stereocenters. The van der Waals surface area contributed by atoms with Gasteiger partial charge in [-0.05, 0) is 30.7 Å². The van der Waals surface area contributed by atoms with Gasteiger partial charge in [-0.15, -0.1) is 0 Å². The highest BCUT2D eigenvalue weighted by molar-refractivity contribution is 14.1. The summed E-state index contributed by atoms with van der Waals surface area (Å²) in [7, 11) is 0. The molecule has 0 saturated carbocycles. The normalized spacial score (nSPS) is 13.7. The maximum absolute atomic E-state index is 13.7. The first-order valence-corrected chi connectivity index (χ1v) is 10.2. The van der Waals surface area contributed by atoms with Crippen LogP contribution in [0.3, 0.4) is 0 Å². The zero-order chi connectivity index (χ0) is 15.7. The number of nitrogens with zero attached hydrogens (tertiary/aromatic N) is 1. The number of hydrogen-bond donors (Lipinski definition) is 0. The van der Waals surface area contributed by atoms with E-state index in [9.17, 15) is 8.78 Å². The molecule has 0 bridgehead atoms. The average molecular weight is 543 g/mol. The SMILES string of the molecule is FC(F)(I)c1ccc2c(c1)N(CCCI)c1ccccc1S2. The van der Waals surface area contributed by atoms with Crippen LogP contribution in [0.4, 0.5) is 20.2 Å². The van der Waals surface area contributed by atoms with Crippen LogP contribution in [-0.2, 0) is 3.93 Å². The third-order valence-electron chi connectivity index (χ3n) is 3.47. The number of hydrogen-bond acceptors (Lipinski definition) is 2. The van der Waals surface area contributed by atoms with Gasteiger partial charge in [-0.1, -0.05) is 52.6 Å². The minimum absolute atomic E-state index is 0.0614. The molecule has 1 heterocycles. The van der Waals surface area contributed by atoms with Crippen molar-refractivity contribution < 1.29 is 8.78 Å². The molecule has 116 valence electrons. The number of alkyl halides is 4. The van der Waals surface area contributed by atoms with E-state index >= 15 is 0 Å². The fourth-order valence-electron chi connectivity index (χ4n) is 2.46. The molecule has 0 unspecified atom stereocenters. The lowest BCUT2D eigenvalue weighted by Gasteiger charge is -2.33. The van der Waals surface area contributed by atoms with Crippen LogP contribution in [0.25, 0.3) is 0 Å². The Labute approximate surface area is 160 Å². The van der Waals surface area contributed by atoms with Gasteiger partial charge in [0.05, 0.1) is 11.4 Å². The molecule has 22 heavy (non-hydrogen) atoms. The molecule has 2 aromatic carbocycles. The second-order valence-corrected chi connectivity index (χ2v) is 8.46. The second-order valence-electron chi connectivity index (χ2n) is 4.94. The molecule has 2 aromatic rings. The molecule has 0 saturated heterocycles. The molecule has 0 fully saturated rings. The van der Waals surface area contributed by atoms with E-state index in [1.54, 1.807) is 17.8 Å². The Hall–Kier alpha value is -0.0900. The van der Waals surface area contributed by atoms with Crippen LogP contribution in [0.5, 0.6) is 0 Å². The summed E-state index contributed by atoms with van der Waals surface area (Å²) >= 11 is 5.19. The van der Waals surface area contributed by atoms with Gasteiger partial charge in [-0.2, -0.15) is 8.78 Å². The Morgan fingerprint density at radius 3 is 2.50 bits per heavy atom. The topological polar surface area (TPSA) is 3.24 Å². The predicted molar refractivity (Wildman–Crippen MR) is 105 cm³/mol. The summed E-state index contributed by atoms with van der Waals surface area (Å²) in [6, 6.07) is 13.1. The molecule has 3 rings (SSSR count). The molecule has 0 spiro atoms. The Morgan fingerprint density at radius 1 is 1.05 bits per heavy atom. The Bertz CT molecular complexity index is 688. The lowest BCUT2D eigenvalue weighted by Crippen LogP contribution is -2.22. The number of para-hydroxylation sites is 1. The van der Waals surface area contributed by atoms with Crippen molar-refractivity contribution in [3.63, 3.8) is 0 Å². The maximum Gasteiger partial charge on any atom is 0.321 e. The monoisotopic (exact) mass is 543 g/mol. The summed E-state index contributed by atoms with van der Waals surface area (Å²) in [6.45, 7) is 0.837. The van der Waals surface area contributed by atoms with Crippen LogP contribution in [-0.4, -0.2) is 11.0 Å². The summed E-state index contributed by atoms with van der Waals surface area (Å²) in [5.41, 5.74) is 2.06. The molecule has 0 aromatic heterocycles. The van der Waals surface area contributed by atoms with Crippen molar-refractivity contribution in [1.82, 2.24) is 0 Å². The summed E-state index contributed by atoms with van der Waals surface area (Å²) in [5, 5.41) is 0. The highest BCUT2D eigenvalue weighted by Crippen LogP contribution is 2.49. The lowest BCUT2D eigenvalue weighted by atomic mass is 10.1. The largest absolute Gasteiger partial charge is 0.340 e. The van der Waals surface area contributed by atoms with Crippen molar-refractivity contribution in [2.75, 3.05) is 15.9 Å². The number of fused-ring (bicyclic) bond motifs is 2. The molecule has 0 amide bonds. The van der Waals surface area contributed by atoms with Gasteiger partial charge in [0.15, 0.2) is 0 Å². The van der Waals surface area contributed by atoms with E-state index in [-0.39, 0.29) is 5.56 Å². The van der Waals surface area contributed by atoms with Crippen molar-refractivity contribution in [2.45, 2.75) is 20.1 Å². The van der Waals surface area contributed by atoms with Crippen molar-refractivity contribution in [1.29, 1.82) is 0 Å². The Kier molecular flexibility index (Phi) is 5.18. The molecule has 0 radical (unpaired) electrons. The Balaban J connectivity index is 2.08. The number of rotatable bonds is 4. The van der Waals surface area contributed by atoms with Gasteiger partial charge in [-0.25, -0.2) is 0 Å². The fraction of sp³-hybridized carbons (Fsp3) is 0.250. The minimum Gasteiger partial charge on any atom is -0.340 e. The van der Waals surface area contributed by atoms with E-state index in [1.165, 1.54) is 33.6 Å². The van der Waals surface area contributed by atoms with Crippen molar-refractivity contribution in [3.05, 3.63) is 48.0 Å². The van der Waals surface area contributed by atoms with Crippen LogP contribution < -0.4 is 4.90 Å². The van der Waals surface area contributed by atoms with Gasteiger partial charge in [0.1, 0.15) is 0 Å². The minimum atomic E-state index is -2.84. The number of anilines is 2. The second kappa shape index (κ2) is 6.80. The van der Waals surface area contributed by atoms with E-state index in [1.807, 2.05) is 18.2 Å². The third kappa shape index (κ3) is 3.38. The lowest BCUT2D eigenvalue weighted by molar-refractivity contribution is 0.127. The van der Waals surface area contributed by atoms with E-state index in [0.717, 1.165) is 33.7 Å². The summed E-state index contributed by atoms with van der Waals surface area (Å²) in [6.07, 6.45) is 1.02. The summed E-state index contributed by atoms with van der Waals surface area (Å²) in [4.78, 5) is 4.39. The zero-order valence-electron chi connectivity index (χ0n) is 11.5. The molecule has 0 aliphatic carbocycles.